The topological polar surface area (TPSA) is 41.9 Å². The molecule has 0 aromatic heterocycles. The normalized spacial score (nSPS) is 18.2. The summed E-state index contributed by atoms with van der Waals surface area (Å²) in [6.45, 7) is 3.43. The summed E-state index contributed by atoms with van der Waals surface area (Å²) in [5, 5.41) is 10.3. The molecule has 112 valence electrons. The summed E-state index contributed by atoms with van der Waals surface area (Å²) in [7, 11) is 3.72. The van der Waals surface area contributed by atoms with Gasteiger partial charge in [-0.1, -0.05) is 12.1 Å². The maximum atomic E-state index is 10.3. The first-order chi connectivity index (χ1) is 9.69. The molecule has 20 heavy (non-hydrogen) atoms. The third-order valence-corrected chi connectivity index (χ3v) is 3.90. The molecule has 1 aromatic rings. The predicted octanol–water partition coefficient (Wildman–Crippen LogP) is 2.09. The fraction of sp³-hybridized carbons (Fsp3) is 0.625. The minimum atomic E-state index is -0.453. The van der Waals surface area contributed by atoms with Crippen LogP contribution in [0.15, 0.2) is 24.3 Å². The van der Waals surface area contributed by atoms with Crippen molar-refractivity contribution in [3.8, 4) is 5.75 Å². The zero-order chi connectivity index (χ0) is 14.4. The highest BCUT2D eigenvalue weighted by atomic mass is 16.5. The lowest BCUT2D eigenvalue weighted by Crippen LogP contribution is -2.32. The van der Waals surface area contributed by atoms with Gasteiger partial charge >= 0.3 is 0 Å². The van der Waals surface area contributed by atoms with Gasteiger partial charge in [0.15, 0.2) is 0 Å². The van der Waals surface area contributed by atoms with Gasteiger partial charge in [-0.25, -0.2) is 0 Å². The first-order valence-electron chi connectivity index (χ1n) is 7.27. The van der Waals surface area contributed by atoms with Crippen molar-refractivity contribution < 1.29 is 14.6 Å². The molecule has 1 aromatic carbocycles. The van der Waals surface area contributed by atoms with Gasteiger partial charge in [-0.05, 0) is 43.5 Å². The minimum Gasteiger partial charge on any atom is -0.497 e. The van der Waals surface area contributed by atoms with Crippen molar-refractivity contribution in [3.05, 3.63) is 29.8 Å². The molecule has 0 bridgehead atoms. The molecule has 0 radical (unpaired) electrons. The van der Waals surface area contributed by atoms with Gasteiger partial charge in [0.1, 0.15) is 5.75 Å². The highest BCUT2D eigenvalue weighted by Gasteiger charge is 2.18. The van der Waals surface area contributed by atoms with Crippen LogP contribution < -0.4 is 4.74 Å². The van der Waals surface area contributed by atoms with E-state index in [1.54, 1.807) is 7.11 Å². The molecule has 1 aliphatic heterocycles. The second-order valence-corrected chi connectivity index (χ2v) is 5.57. The van der Waals surface area contributed by atoms with Gasteiger partial charge in [0.05, 0.1) is 13.2 Å². The molecule has 2 rings (SSSR count). The SMILES string of the molecule is COc1ccc(C(O)CN(C)CC2CCOCC2)cc1. The highest BCUT2D eigenvalue weighted by molar-refractivity contribution is 5.28. The lowest BCUT2D eigenvalue weighted by Gasteiger charge is -2.28. The van der Waals surface area contributed by atoms with E-state index in [4.69, 9.17) is 9.47 Å². The van der Waals surface area contributed by atoms with Gasteiger partial charge in [-0.15, -0.1) is 0 Å². The number of aliphatic hydroxyl groups is 1. The summed E-state index contributed by atoms with van der Waals surface area (Å²) < 4.78 is 10.5. The van der Waals surface area contributed by atoms with Crippen molar-refractivity contribution in [2.45, 2.75) is 18.9 Å². The van der Waals surface area contributed by atoms with Crippen LogP contribution in [0.5, 0.6) is 5.75 Å². The second kappa shape index (κ2) is 7.62. The monoisotopic (exact) mass is 279 g/mol. The van der Waals surface area contributed by atoms with Gasteiger partial charge in [-0.3, -0.25) is 0 Å². The van der Waals surface area contributed by atoms with Crippen LogP contribution in [0.4, 0.5) is 0 Å². The molecule has 1 fully saturated rings. The average molecular weight is 279 g/mol. The predicted molar refractivity (Wildman–Crippen MR) is 79.0 cm³/mol. The molecule has 0 aliphatic carbocycles. The fourth-order valence-electron chi connectivity index (χ4n) is 2.67. The number of ether oxygens (including phenoxy) is 2. The molecule has 1 heterocycles. The van der Waals surface area contributed by atoms with E-state index in [9.17, 15) is 5.11 Å². The van der Waals surface area contributed by atoms with E-state index >= 15 is 0 Å². The summed E-state index contributed by atoms with van der Waals surface area (Å²) in [4.78, 5) is 2.21. The van der Waals surface area contributed by atoms with Crippen LogP contribution in [0.1, 0.15) is 24.5 Å². The van der Waals surface area contributed by atoms with Gasteiger partial charge in [0.2, 0.25) is 0 Å². The summed E-state index contributed by atoms with van der Waals surface area (Å²) in [6, 6.07) is 7.62. The largest absolute Gasteiger partial charge is 0.497 e. The second-order valence-electron chi connectivity index (χ2n) is 5.57. The molecule has 4 heteroatoms. The number of hydrogen-bond acceptors (Lipinski definition) is 4. The number of likely N-dealkylation sites (N-methyl/N-ethyl adjacent to an activating group) is 1. The van der Waals surface area contributed by atoms with Crippen LogP contribution in [-0.4, -0.2) is 50.5 Å². The molecule has 1 saturated heterocycles. The lowest BCUT2D eigenvalue weighted by atomic mass is 9.99. The van der Waals surface area contributed by atoms with Gasteiger partial charge < -0.3 is 19.5 Å². The third kappa shape index (κ3) is 4.47. The van der Waals surface area contributed by atoms with Crippen LogP contribution in [0, 0.1) is 5.92 Å². The average Bonchev–Trinajstić information content (AvgIpc) is 2.48. The smallest absolute Gasteiger partial charge is 0.118 e. The number of aliphatic hydroxyl groups excluding tert-OH is 1. The highest BCUT2D eigenvalue weighted by Crippen LogP contribution is 2.20. The van der Waals surface area contributed by atoms with E-state index in [2.05, 4.69) is 11.9 Å². The van der Waals surface area contributed by atoms with E-state index in [0.717, 1.165) is 43.9 Å². The number of rotatable bonds is 6. The third-order valence-electron chi connectivity index (χ3n) is 3.90. The molecule has 4 nitrogen and oxygen atoms in total. The first-order valence-corrected chi connectivity index (χ1v) is 7.27. The molecule has 0 saturated carbocycles. The molecule has 0 amide bonds. The Morgan fingerprint density at radius 1 is 1.30 bits per heavy atom. The quantitative estimate of drug-likeness (QED) is 0.866. The summed E-state index contributed by atoms with van der Waals surface area (Å²) >= 11 is 0. The number of benzene rings is 1. The number of nitrogens with zero attached hydrogens (tertiary/aromatic N) is 1. The lowest BCUT2D eigenvalue weighted by molar-refractivity contribution is 0.0478. The molecule has 1 atom stereocenters. The van der Waals surface area contributed by atoms with Crippen LogP contribution >= 0.6 is 0 Å². The van der Waals surface area contributed by atoms with Crippen molar-refractivity contribution in [3.63, 3.8) is 0 Å². The Kier molecular flexibility index (Phi) is 5.83. The Morgan fingerprint density at radius 2 is 1.95 bits per heavy atom. The Labute approximate surface area is 121 Å². The fourth-order valence-corrected chi connectivity index (χ4v) is 2.67. The zero-order valence-electron chi connectivity index (χ0n) is 12.4. The van der Waals surface area contributed by atoms with E-state index in [1.165, 1.54) is 0 Å². The summed E-state index contributed by atoms with van der Waals surface area (Å²) in [6.07, 6.45) is 1.80. The van der Waals surface area contributed by atoms with Crippen molar-refractivity contribution in [1.29, 1.82) is 0 Å². The Balaban J connectivity index is 1.81. The number of methoxy groups -OCH3 is 1. The van der Waals surface area contributed by atoms with Crippen molar-refractivity contribution in [2.24, 2.45) is 5.92 Å². The van der Waals surface area contributed by atoms with Crippen LogP contribution in [0.25, 0.3) is 0 Å². The Hall–Kier alpha value is -1.10. The van der Waals surface area contributed by atoms with E-state index in [-0.39, 0.29) is 0 Å². The van der Waals surface area contributed by atoms with Crippen LogP contribution in [0.3, 0.4) is 0 Å². The summed E-state index contributed by atoms with van der Waals surface area (Å²) in [5.74, 6) is 1.51. The standard InChI is InChI=1S/C16H25NO3/c1-17(11-13-7-9-20-10-8-13)12-16(18)14-3-5-15(19-2)6-4-14/h3-6,13,16,18H,7-12H2,1-2H3. The minimum absolute atomic E-state index is 0.453. The molecule has 1 unspecified atom stereocenters. The summed E-state index contributed by atoms with van der Waals surface area (Å²) in [5.41, 5.74) is 0.935. The molecule has 1 N–H and O–H groups in total. The maximum Gasteiger partial charge on any atom is 0.118 e. The van der Waals surface area contributed by atoms with Crippen molar-refractivity contribution in [1.82, 2.24) is 4.90 Å². The molecule has 1 aliphatic rings. The van der Waals surface area contributed by atoms with Crippen molar-refractivity contribution in [2.75, 3.05) is 40.5 Å². The first kappa shape index (κ1) is 15.3. The Morgan fingerprint density at radius 3 is 2.55 bits per heavy atom. The van der Waals surface area contributed by atoms with Crippen LogP contribution in [0.2, 0.25) is 0 Å². The van der Waals surface area contributed by atoms with E-state index < -0.39 is 6.10 Å². The van der Waals surface area contributed by atoms with Gasteiger partial charge in [0, 0.05) is 26.3 Å². The number of hydrogen-bond donors (Lipinski definition) is 1. The van der Waals surface area contributed by atoms with E-state index in [1.807, 2.05) is 24.3 Å². The Bertz CT molecular complexity index is 387. The van der Waals surface area contributed by atoms with Gasteiger partial charge in [0.25, 0.3) is 0 Å². The molecular weight excluding hydrogens is 254 g/mol. The molecular formula is C16H25NO3. The van der Waals surface area contributed by atoms with Gasteiger partial charge in [-0.2, -0.15) is 0 Å². The zero-order valence-corrected chi connectivity index (χ0v) is 12.4. The van der Waals surface area contributed by atoms with Crippen LogP contribution in [-0.2, 0) is 4.74 Å². The van der Waals surface area contributed by atoms with E-state index in [0.29, 0.717) is 12.5 Å². The van der Waals surface area contributed by atoms with Crippen molar-refractivity contribution >= 4 is 0 Å². The molecule has 0 spiro atoms. The maximum absolute atomic E-state index is 10.3.